The Morgan fingerprint density at radius 3 is 2.67 bits per heavy atom. The summed E-state index contributed by atoms with van der Waals surface area (Å²) in [5.74, 6) is 1.15. The second-order valence-corrected chi connectivity index (χ2v) is 6.19. The lowest BCUT2D eigenvalue weighted by Gasteiger charge is -2.11. The molecule has 1 unspecified atom stereocenters. The fourth-order valence-corrected chi connectivity index (χ4v) is 2.90. The molecule has 3 rings (SSSR count). The zero-order chi connectivity index (χ0) is 16.8. The van der Waals surface area contributed by atoms with E-state index in [4.69, 9.17) is 4.42 Å². The SMILES string of the molecule is O=C(NCc1ccccc1)NCC(O)c1ccc(-c2cccs2)o1. The number of hydrogen-bond donors (Lipinski definition) is 3. The van der Waals surface area contributed by atoms with Gasteiger partial charge in [-0.25, -0.2) is 4.79 Å². The minimum Gasteiger partial charge on any atom is -0.457 e. The van der Waals surface area contributed by atoms with Crippen molar-refractivity contribution in [3.8, 4) is 10.6 Å². The van der Waals surface area contributed by atoms with Crippen LogP contribution in [0, 0.1) is 0 Å². The van der Waals surface area contributed by atoms with Crippen LogP contribution in [0.3, 0.4) is 0 Å². The average molecular weight is 342 g/mol. The van der Waals surface area contributed by atoms with Crippen LogP contribution in [0.1, 0.15) is 17.4 Å². The number of furan rings is 1. The van der Waals surface area contributed by atoms with E-state index in [0.29, 0.717) is 18.1 Å². The van der Waals surface area contributed by atoms with Crippen molar-refractivity contribution in [1.29, 1.82) is 0 Å². The minimum absolute atomic E-state index is 0.0814. The van der Waals surface area contributed by atoms with Crippen molar-refractivity contribution in [2.45, 2.75) is 12.6 Å². The molecule has 3 aromatic rings. The van der Waals surface area contributed by atoms with Gasteiger partial charge in [0.25, 0.3) is 0 Å². The second-order valence-electron chi connectivity index (χ2n) is 5.24. The zero-order valence-electron chi connectivity index (χ0n) is 12.9. The molecular formula is C18H18N2O3S. The molecule has 5 nitrogen and oxygen atoms in total. The predicted molar refractivity (Wildman–Crippen MR) is 93.7 cm³/mol. The Morgan fingerprint density at radius 2 is 1.92 bits per heavy atom. The van der Waals surface area contributed by atoms with Crippen LogP contribution < -0.4 is 10.6 Å². The van der Waals surface area contributed by atoms with Crippen molar-refractivity contribution in [3.63, 3.8) is 0 Å². The lowest BCUT2D eigenvalue weighted by molar-refractivity contribution is 0.149. The minimum atomic E-state index is -0.888. The van der Waals surface area contributed by atoms with Crippen LogP contribution in [0.2, 0.25) is 0 Å². The first-order valence-corrected chi connectivity index (χ1v) is 8.47. The summed E-state index contributed by atoms with van der Waals surface area (Å²) in [5.41, 5.74) is 1.01. The normalized spacial score (nSPS) is 11.9. The molecule has 124 valence electrons. The first-order chi connectivity index (χ1) is 11.7. The van der Waals surface area contributed by atoms with Crippen LogP contribution in [0.4, 0.5) is 4.79 Å². The Balaban J connectivity index is 1.46. The Hall–Kier alpha value is -2.57. The van der Waals surface area contributed by atoms with Gasteiger partial charge in [0.15, 0.2) is 0 Å². The molecule has 0 radical (unpaired) electrons. The number of aliphatic hydroxyl groups is 1. The Labute approximate surface area is 143 Å². The molecule has 0 saturated carbocycles. The highest BCUT2D eigenvalue weighted by molar-refractivity contribution is 7.13. The molecule has 0 aliphatic carbocycles. The number of nitrogens with one attached hydrogen (secondary N) is 2. The van der Waals surface area contributed by atoms with Crippen molar-refractivity contribution in [2.24, 2.45) is 0 Å². The second kappa shape index (κ2) is 7.81. The summed E-state index contributed by atoms with van der Waals surface area (Å²) < 4.78 is 5.64. The summed E-state index contributed by atoms with van der Waals surface area (Å²) >= 11 is 1.57. The lowest BCUT2D eigenvalue weighted by atomic mass is 10.2. The summed E-state index contributed by atoms with van der Waals surface area (Å²) in [5, 5.41) is 17.5. The van der Waals surface area contributed by atoms with Gasteiger partial charge in [0.05, 0.1) is 11.4 Å². The molecule has 0 bridgehead atoms. The van der Waals surface area contributed by atoms with E-state index in [2.05, 4.69) is 10.6 Å². The number of rotatable bonds is 6. The van der Waals surface area contributed by atoms with Crippen LogP contribution in [-0.2, 0) is 6.54 Å². The van der Waals surface area contributed by atoms with Crippen LogP contribution in [0.25, 0.3) is 10.6 Å². The molecule has 0 aliphatic heterocycles. The van der Waals surface area contributed by atoms with E-state index in [0.717, 1.165) is 10.4 Å². The first kappa shape index (κ1) is 16.3. The summed E-state index contributed by atoms with van der Waals surface area (Å²) in [6.07, 6.45) is -0.888. The fourth-order valence-electron chi connectivity index (χ4n) is 2.21. The molecule has 2 amide bonds. The number of carbonyl (C=O) groups is 1. The summed E-state index contributed by atoms with van der Waals surface area (Å²) in [6.45, 7) is 0.518. The molecule has 1 aromatic carbocycles. The van der Waals surface area contributed by atoms with E-state index in [-0.39, 0.29) is 12.6 Å². The number of carbonyl (C=O) groups excluding carboxylic acids is 1. The van der Waals surface area contributed by atoms with Gasteiger partial charge in [0.2, 0.25) is 0 Å². The van der Waals surface area contributed by atoms with Gasteiger partial charge in [0, 0.05) is 6.54 Å². The number of thiophene rings is 1. The van der Waals surface area contributed by atoms with E-state index in [1.165, 1.54) is 0 Å². The summed E-state index contributed by atoms with van der Waals surface area (Å²) in [4.78, 5) is 12.8. The number of benzene rings is 1. The van der Waals surface area contributed by atoms with Crippen LogP contribution in [-0.4, -0.2) is 17.7 Å². The molecule has 3 N–H and O–H groups in total. The fraction of sp³-hybridized carbons (Fsp3) is 0.167. The molecule has 24 heavy (non-hydrogen) atoms. The van der Waals surface area contributed by atoms with Gasteiger partial charge in [-0.3, -0.25) is 0 Å². The standard InChI is InChI=1S/C18H18N2O3S/c21-14(15-8-9-16(23-15)17-7-4-10-24-17)12-20-18(22)19-11-13-5-2-1-3-6-13/h1-10,14,21H,11-12H2,(H2,19,20,22). The smallest absolute Gasteiger partial charge is 0.315 e. The lowest BCUT2D eigenvalue weighted by Crippen LogP contribution is -2.37. The van der Waals surface area contributed by atoms with Crippen LogP contribution in [0.5, 0.6) is 0 Å². The first-order valence-electron chi connectivity index (χ1n) is 7.59. The van der Waals surface area contributed by atoms with E-state index in [9.17, 15) is 9.90 Å². The van der Waals surface area contributed by atoms with E-state index >= 15 is 0 Å². The van der Waals surface area contributed by atoms with Crippen molar-refractivity contribution in [3.05, 3.63) is 71.3 Å². The summed E-state index contributed by atoms with van der Waals surface area (Å²) in [6, 6.07) is 16.7. The third-order valence-corrected chi connectivity index (χ3v) is 4.36. The molecule has 2 aromatic heterocycles. The highest BCUT2D eigenvalue weighted by atomic mass is 32.1. The Kier molecular flexibility index (Phi) is 5.30. The molecule has 1 atom stereocenters. The van der Waals surface area contributed by atoms with Crippen molar-refractivity contribution in [2.75, 3.05) is 6.54 Å². The summed E-state index contributed by atoms with van der Waals surface area (Å²) in [7, 11) is 0. The monoisotopic (exact) mass is 342 g/mol. The maximum atomic E-state index is 11.8. The predicted octanol–water partition coefficient (Wildman–Crippen LogP) is 3.54. The zero-order valence-corrected chi connectivity index (χ0v) is 13.8. The van der Waals surface area contributed by atoms with Gasteiger partial charge in [-0.1, -0.05) is 36.4 Å². The highest BCUT2D eigenvalue weighted by Gasteiger charge is 2.14. The largest absolute Gasteiger partial charge is 0.457 e. The Bertz CT molecular complexity index is 769. The molecule has 0 aliphatic rings. The molecule has 6 heteroatoms. The average Bonchev–Trinajstić information content (AvgIpc) is 3.29. The maximum absolute atomic E-state index is 11.8. The van der Waals surface area contributed by atoms with Gasteiger partial charge in [-0.05, 0) is 29.1 Å². The topological polar surface area (TPSA) is 74.5 Å². The number of urea groups is 1. The van der Waals surface area contributed by atoms with E-state index in [1.54, 1.807) is 17.4 Å². The van der Waals surface area contributed by atoms with Gasteiger partial charge >= 0.3 is 6.03 Å². The van der Waals surface area contributed by atoms with Gasteiger partial charge in [0.1, 0.15) is 17.6 Å². The quantitative estimate of drug-likeness (QED) is 0.641. The van der Waals surface area contributed by atoms with Crippen molar-refractivity contribution < 1.29 is 14.3 Å². The van der Waals surface area contributed by atoms with Crippen molar-refractivity contribution >= 4 is 17.4 Å². The number of hydrogen-bond acceptors (Lipinski definition) is 4. The molecule has 2 heterocycles. The van der Waals surface area contributed by atoms with E-state index < -0.39 is 6.10 Å². The van der Waals surface area contributed by atoms with Crippen molar-refractivity contribution in [1.82, 2.24) is 10.6 Å². The maximum Gasteiger partial charge on any atom is 0.315 e. The molecule has 0 spiro atoms. The van der Waals surface area contributed by atoms with Gasteiger partial charge < -0.3 is 20.2 Å². The molecular weight excluding hydrogens is 324 g/mol. The van der Waals surface area contributed by atoms with Gasteiger partial charge in [-0.15, -0.1) is 11.3 Å². The third kappa shape index (κ3) is 4.24. The highest BCUT2D eigenvalue weighted by Crippen LogP contribution is 2.28. The van der Waals surface area contributed by atoms with E-state index in [1.807, 2.05) is 53.9 Å². The molecule has 0 fully saturated rings. The number of aliphatic hydroxyl groups excluding tert-OH is 1. The Morgan fingerprint density at radius 1 is 1.08 bits per heavy atom. The number of amides is 2. The van der Waals surface area contributed by atoms with Crippen LogP contribution >= 0.6 is 11.3 Å². The van der Waals surface area contributed by atoms with Gasteiger partial charge in [-0.2, -0.15) is 0 Å². The van der Waals surface area contributed by atoms with Crippen LogP contribution in [0.15, 0.2) is 64.4 Å². The molecule has 0 saturated heterocycles. The third-order valence-electron chi connectivity index (χ3n) is 3.47.